The smallest absolute Gasteiger partial charge is 0.343 e. The summed E-state index contributed by atoms with van der Waals surface area (Å²) in [4.78, 5) is 11.9. The number of aryl methyl sites for hydroxylation is 1. The van der Waals surface area contributed by atoms with Gasteiger partial charge in [0.1, 0.15) is 10.6 Å². The molecule has 0 amide bonds. The monoisotopic (exact) mass is 282 g/mol. The van der Waals surface area contributed by atoms with Gasteiger partial charge >= 0.3 is 5.97 Å². The molecule has 1 aliphatic rings. The summed E-state index contributed by atoms with van der Waals surface area (Å²) in [5.74, 6) is 1.21. The molecule has 0 aromatic carbocycles. The average molecular weight is 282 g/mol. The van der Waals surface area contributed by atoms with Gasteiger partial charge in [-0.3, -0.25) is 0 Å². The minimum absolute atomic E-state index is 0.268. The molecule has 1 heterocycles. The molecule has 2 atom stereocenters. The van der Waals surface area contributed by atoms with E-state index in [1.807, 2.05) is 13.8 Å². The highest BCUT2D eigenvalue weighted by Crippen LogP contribution is 2.32. The van der Waals surface area contributed by atoms with Crippen molar-refractivity contribution in [3.05, 3.63) is 11.3 Å². The first-order valence-electron chi connectivity index (χ1n) is 7.00. The van der Waals surface area contributed by atoms with Crippen LogP contribution < -0.4 is 5.32 Å². The fourth-order valence-electron chi connectivity index (χ4n) is 2.68. The van der Waals surface area contributed by atoms with Crippen molar-refractivity contribution in [1.29, 1.82) is 0 Å². The van der Waals surface area contributed by atoms with Crippen LogP contribution in [0.5, 0.6) is 0 Å². The van der Waals surface area contributed by atoms with Crippen LogP contribution in [0.1, 0.15) is 49.2 Å². The maximum atomic E-state index is 11.9. The third kappa shape index (κ3) is 3.26. The maximum Gasteiger partial charge on any atom is 0.343 e. The minimum Gasteiger partial charge on any atom is -0.462 e. The molecule has 1 fully saturated rings. The Labute approximate surface area is 118 Å². The first kappa shape index (κ1) is 14.3. The van der Waals surface area contributed by atoms with E-state index in [1.54, 1.807) is 0 Å². The van der Waals surface area contributed by atoms with Crippen LogP contribution in [-0.2, 0) is 4.74 Å². The second-order valence-corrected chi connectivity index (χ2v) is 6.02. The van der Waals surface area contributed by atoms with Gasteiger partial charge in [0.05, 0.1) is 12.3 Å². The molecule has 2 unspecified atom stereocenters. The Morgan fingerprint density at radius 3 is 2.95 bits per heavy atom. The number of nitrogens with one attached hydrogen (secondary N) is 1. The summed E-state index contributed by atoms with van der Waals surface area (Å²) in [6.07, 6.45) is 3.92. The lowest BCUT2D eigenvalue weighted by molar-refractivity contribution is 0.0527. The van der Waals surface area contributed by atoms with Gasteiger partial charge in [-0.25, -0.2) is 4.79 Å². The molecule has 1 aromatic heterocycles. The quantitative estimate of drug-likeness (QED) is 0.840. The van der Waals surface area contributed by atoms with Crippen molar-refractivity contribution in [1.82, 2.24) is 4.37 Å². The van der Waals surface area contributed by atoms with E-state index < -0.39 is 0 Å². The van der Waals surface area contributed by atoms with Gasteiger partial charge in [0, 0.05) is 6.54 Å². The normalized spacial score (nSPS) is 22.5. The lowest BCUT2D eigenvalue weighted by Gasteiger charge is -2.16. The Hall–Kier alpha value is -1.10. The van der Waals surface area contributed by atoms with Gasteiger partial charge in [0.2, 0.25) is 0 Å². The second kappa shape index (κ2) is 6.37. The lowest BCUT2D eigenvalue weighted by Crippen LogP contribution is -2.17. The van der Waals surface area contributed by atoms with Gasteiger partial charge < -0.3 is 10.1 Å². The summed E-state index contributed by atoms with van der Waals surface area (Å²) in [6, 6.07) is 0. The van der Waals surface area contributed by atoms with E-state index in [2.05, 4.69) is 16.6 Å². The molecule has 1 N–H and O–H groups in total. The number of rotatable bonds is 5. The highest BCUT2D eigenvalue weighted by atomic mass is 32.1. The van der Waals surface area contributed by atoms with Crippen molar-refractivity contribution in [2.75, 3.05) is 18.5 Å². The molecular formula is C14H22N2O2S. The molecule has 1 saturated carbocycles. The van der Waals surface area contributed by atoms with E-state index in [4.69, 9.17) is 4.74 Å². The van der Waals surface area contributed by atoms with Gasteiger partial charge in [0.15, 0.2) is 0 Å². The standard InChI is InChI=1S/C14H22N2O2S/c1-4-18-14(17)12-10(3)16-19-13(12)15-8-11-7-5-6-9(11)2/h9,11,15H,4-8H2,1-3H3. The fourth-order valence-corrected chi connectivity index (χ4v) is 3.47. The van der Waals surface area contributed by atoms with Crippen molar-refractivity contribution in [2.45, 2.75) is 40.0 Å². The molecular weight excluding hydrogens is 260 g/mol. The Kier molecular flexibility index (Phi) is 4.80. The molecule has 4 nitrogen and oxygen atoms in total. The lowest BCUT2D eigenvalue weighted by atomic mass is 9.98. The zero-order chi connectivity index (χ0) is 13.8. The van der Waals surface area contributed by atoms with Crippen molar-refractivity contribution in [3.63, 3.8) is 0 Å². The predicted molar refractivity (Wildman–Crippen MR) is 77.8 cm³/mol. The highest BCUT2D eigenvalue weighted by molar-refractivity contribution is 7.10. The Balaban J connectivity index is 2.02. The Morgan fingerprint density at radius 2 is 2.32 bits per heavy atom. The number of hydrogen-bond donors (Lipinski definition) is 1. The predicted octanol–water partition coefficient (Wildman–Crippen LogP) is 3.48. The number of aromatic nitrogens is 1. The van der Waals surface area contributed by atoms with E-state index >= 15 is 0 Å². The van der Waals surface area contributed by atoms with Gasteiger partial charge in [-0.1, -0.05) is 19.8 Å². The number of carbonyl (C=O) groups excluding carboxylic acids is 1. The zero-order valence-corrected chi connectivity index (χ0v) is 12.7. The van der Waals surface area contributed by atoms with Crippen LogP contribution in [0.4, 0.5) is 5.00 Å². The summed E-state index contributed by atoms with van der Waals surface area (Å²) in [7, 11) is 0. The number of esters is 1. The van der Waals surface area contributed by atoms with Gasteiger partial charge in [0.25, 0.3) is 0 Å². The average Bonchev–Trinajstić information content (AvgIpc) is 2.93. The van der Waals surface area contributed by atoms with Crippen LogP contribution in [0.2, 0.25) is 0 Å². The molecule has 0 radical (unpaired) electrons. The molecule has 19 heavy (non-hydrogen) atoms. The summed E-state index contributed by atoms with van der Waals surface area (Å²) >= 11 is 1.35. The Morgan fingerprint density at radius 1 is 1.53 bits per heavy atom. The van der Waals surface area contributed by atoms with Crippen molar-refractivity contribution in [2.24, 2.45) is 11.8 Å². The van der Waals surface area contributed by atoms with Gasteiger partial charge in [-0.15, -0.1) is 0 Å². The highest BCUT2D eigenvalue weighted by Gasteiger charge is 2.25. The number of anilines is 1. The van der Waals surface area contributed by atoms with E-state index in [1.165, 1.54) is 30.8 Å². The van der Waals surface area contributed by atoms with E-state index in [0.717, 1.165) is 23.2 Å². The molecule has 1 aliphatic carbocycles. The first-order valence-corrected chi connectivity index (χ1v) is 7.78. The van der Waals surface area contributed by atoms with E-state index in [-0.39, 0.29) is 5.97 Å². The molecule has 2 rings (SSSR count). The van der Waals surface area contributed by atoms with Crippen molar-refractivity contribution < 1.29 is 9.53 Å². The summed E-state index contributed by atoms with van der Waals surface area (Å²) in [5, 5.41) is 4.26. The number of hydrogen-bond acceptors (Lipinski definition) is 5. The number of nitrogens with zero attached hydrogens (tertiary/aromatic N) is 1. The molecule has 5 heteroatoms. The van der Waals surface area contributed by atoms with Crippen LogP contribution in [0.25, 0.3) is 0 Å². The minimum atomic E-state index is -0.268. The maximum absolute atomic E-state index is 11.9. The van der Waals surface area contributed by atoms with Gasteiger partial charge in [-0.2, -0.15) is 4.37 Å². The third-order valence-electron chi connectivity index (χ3n) is 3.91. The van der Waals surface area contributed by atoms with Crippen LogP contribution in [0.3, 0.4) is 0 Å². The second-order valence-electron chi connectivity index (χ2n) is 5.24. The number of ether oxygens (including phenoxy) is 1. The third-order valence-corrected chi connectivity index (χ3v) is 4.80. The van der Waals surface area contributed by atoms with E-state index in [9.17, 15) is 4.79 Å². The fraction of sp³-hybridized carbons (Fsp3) is 0.714. The largest absolute Gasteiger partial charge is 0.462 e. The first-order chi connectivity index (χ1) is 9.13. The summed E-state index contributed by atoms with van der Waals surface area (Å²) in [6.45, 7) is 7.30. The van der Waals surface area contributed by atoms with Gasteiger partial charge in [-0.05, 0) is 43.6 Å². The zero-order valence-electron chi connectivity index (χ0n) is 11.9. The SMILES string of the molecule is CCOC(=O)c1c(C)nsc1NCC1CCCC1C. The molecule has 1 aromatic rings. The van der Waals surface area contributed by atoms with Crippen molar-refractivity contribution in [3.8, 4) is 0 Å². The Bertz CT molecular complexity index is 445. The molecule has 0 bridgehead atoms. The topological polar surface area (TPSA) is 51.2 Å². The molecule has 106 valence electrons. The van der Waals surface area contributed by atoms with Crippen LogP contribution >= 0.6 is 11.5 Å². The molecule has 0 saturated heterocycles. The van der Waals surface area contributed by atoms with Crippen LogP contribution in [-0.4, -0.2) is 23.5 Å². The summed E-state index contributed by atoms with van der Waals surface area (Å²) in [5.41, 5.74) is 1.36. The van der Waals surface area contributed by atoms with Crippen molar-refractivity contribution >= 4 is 22.5 Å². The summed E-state index contributed by atoms with van der Waals surface area (Å²) < 4.78 is 9.35. The molecule has 0 spiro atoms. The van der Waals surface area contributed by atoms with Crippen LogP contribution in [0, 0.1) is 18.8 Å². The van der Waals surface area contributed by atoms with E-state index in [0.29, 0.717) is 18.1 Å². The molecule has 0 aliphatic heterocycles. The van der Waals surface area contributed by atoms with Crippen LogP contribution in [0.15, 0.2) is 0 Å². The number of carbonyl (C=O) groups is 1.